The van der Waals surface area contributed by atoms with Crippen LogP contribution >= 0.6 is 0 Å². The molecule has 0 amide bonds. The van der Waals surface area contributed by atoms with Crippen molar-refractivity contribution in [3.05, 3.63) is 93.6 Å². The molecule has 8 nitrogen and oxygen atoms in total. The lowest BCUT2D eigenvalue weighted by atomic mass is 10.0. The molecule has 1 aliphatic rings. The quantitative estimate of drug-likeness (QED) is 0.402. The Labute approximate surface area is 202 Å². The standard InChI is InChI=1S/C27H26N6O2/c1-4-23-29-24-16(2)13-14-28-26(24)33(23)20-11-12-22-19(15-20)10-9-18-7-5-6-8-21(18)32(22)17(3)25-30-27(34)35-31-25/h5-8,11-15,17H,4,9-10H2,1-3H3,(H,30,31,34). The summed E-state index contributed by atoms with van der Waals surface area (Å²) in [5, 5.41) is 3.99. The van der Waals surface area contributed by atoms with E-state index in [9.17, 15) is 4.79 Å². The monoisotopic (exact) mass is 466 g/mol. The molecule has 4 heterocycles. The first-order chi connectivity index (χ1) is 17.0. The second-order valence-corrected chi connectivity index (χ2v) is 8.99. The van der Waals surface area contributed by atoms with Gasteiger partial charge < -0.3 is 4.90 Å². The number of rotatable bonds is 4. The molecule has 35 heavy (non-hydrogen) atoms. The number of anilines is 2. The number of nitrogens with one attached hydrogen (secondary N) is 1. The maximum absolute atomic E-state index is 11.7. The zero-order valence-electron chi connectivity index (χ0n) is 19.9. The fraction of sp³-hybridized carbons (Fsp3) is 0.259. The number of aromatic nitrogens is 5. The van der Waals surface area contributed by atoms with Crippen molar-refractivity contribution < 1.29 is 4.52 Å². The molecule has 1 unspecified atom stereocenters. The Bertz CT molecular complexity index is 1610. The number of H-pyrrole nitrogens is 1. The Morgan fingerprint density at radius 3 is 2.69 bits per heavy atom. The molecule has 0 radical (unpaired) electrons. The lowest BCUT2D eigenvalue weighted by Crippen LogP contribution is -2.24. The van der Waals surface area contributed by atoms with Gasteiger partial charge in [-0.25, -0.2) is 14.8 Å². The van der Waals surface area contributed by atoms with Crippen LogP contribution in [0.5, 0.6) is 0 Å². The van der Waals surface area contributed by atoms with E-state index in [4.69, 9.17) is 9.51 Å². The highest BCUT2D eigenvalue weighted by molar-refractivity contribution is 5.79. The van der Waals surface area contributed by atoms with Gasteiger partial charge in [0.2, 0.25) is 0 Å². The van der Waals surface area contributed by atoms with Crippen molar-refractivity contribution in [1.82, 2.24) is 24.7 Å². The number of fused-ring (bicyclic) bond motifs is 3. The highest BCUT2D eigenvalue weighted by Crippen LogP contribution is 2.42. The number of para-hydroxylation sites is 1. The van der Waals surface area contributed by atoms with Gasteiger partial charge >= 0.3 is 5.76 Å². The van der Waals surface area contributed by atoms with Crippen LogP contribution in [-0.2, 0) is 19.3 Å². The Hall–Kier alpha value is -4.20. The predicted molar refractivity (Wildman–Crippen MR) is 135 cm³/mol. The number of hydrogen-bond acceptors (Lipinski definition) is 6. The number of pyridine rings is 1. The molecule has 176 valence electrons. The van der Waals surface area contributed by atoms with Crippen molar-refractivity contribution in [2.24, 2.45) is 0 Å². The van der Waals surface area contributed by atoms with E-state index in [1.165, 1.54) is 11.1 Å². The van der Waals surface area contributed by atoms with Crippen molar-refractivity contribution in [3.8, 4) is 5.69 Å². The summed E-state index contributed by atoms with van der Waals surface area (Å²) < 4.78 is 6.99. The molecular weight excluding hydrogens is 440 g/mol. The Kier molecular flexibility index (Phi) is 5.02. The molecule has 0 saturated heterocycles. The molecule has 3 aromatic heterocycles. The molecule has 0 saturated carbocycles. The number of aromatic amines is 1. The summed E-state index contributed by atoms with van der Waals surface area (Å²) >= 11 is 0. The third-order valence-electron chi connectivity index (χ3n) is 6.87. The molecule has 1 atom stereocenters. The van der Waals surface area contributed by atoms with Gasteiger partial charge in [-0.15, -0.1) is 0 Å². The van der Waals surface area contributed by atoms with Crippen LogP contribution in [0.4, 0.5) is 11.4 Å². The van der Waals surface area contributed by atoms with Crippen molar-refractivity contribution in [2.45, 2.75) is 46.1 Å². The summed E-state index contributed by atoms with van der Waals surface area (Å²) in [5.74, 6) is 0.937. The fourth-order valence-electron chi connectivity index (χ4n) is 5.11. The fourth-order valence-corrected chi connectivity index (χ4v) is 5.11. The van der Waals surface area contributed by atoms with Gasteiger partial charge in [-0.3, -0.25) is 14.1 Å². The van der Waals surface area contributed by atoms with Crippen LogP contribution in [0.25, 0.3) is 16.9 Å². The second kappa shape index (κ2) is 8.23. The minimum atomic E-state index is -0.549. The molecule has 1 N–H and O–H groups in total. The average molecular weight is 467 g/mol. The van der Waals surface area contributed by atoms with Crippen molar-refractivity contribution in [3.63, 3.8) is 0 Å². The van der Waals surface area contributed by atoms with E-state index >= 15 is 0 Å². The molecule has 0 fully saturated rings. The van der Waals surface area contributed by atoms with Crippen LogP contribution < -0.4 is 10.7 Å². The lowest BCUT2D eigenvalue weighted by Gasteiger charge is -2.31. The highest BCUT2D eigenvalue weighted by atomic mass is 16.5. The predicted octanol–water partition coefficient (Wildman–Crippen LogP) is 4.97. The Morgan fingerprint density at radius 2 is 1.89 bits per heavy atom. The van der Waals surface area contributed by atoms with Crippen molar-refractivity contribution in [2.75, 3.05) is 4.90 Å². The van der Waals surface area contributed by atoms with E-state index in [1.807, 2.05) is 25.3 Å². The topological polar surface area (TPSA) is 92.8 Å². The number of aryl methyl sites for hydroxylation is 4. The minimum absolute atomic E-state index is 0.227. The van der Waals surface area contributed by atoms with Gasteiger partial charge in [0.05, 0.1) is 6.04 Å². The normalized spacial score (nSPS) is 14.0. The molecule has 0 bridgehead atoms. The number of nitrogens with zero attached hydrogens (tertiary/aromatic N) is 5. The summed E-state index contributed by atoms with van der Waals surface area (Å²) in [5.41, 5.74) is 8.65. The van der Waals surface area contributed by atoms with Gasteiger partial charge in [-0.2, -0.15) is 0 Å². The van der Waals surface area contributed by atoms with E-state index in [2.05, 4.69) is 74.8 Å². The third-order valence-corrected chi connectivity index (χ3v) is 6.87. The second-order valence-electron chi connectivity index (χ2n) is 8.99. The molecule has 1 aliphatic heterocycles. The van der Waals surface area contributed by atoms with E-state index in [1.54, 1.807) is 0 Å². The summed E-state index contributed by atoms with van der Waals surface area (Å²) in [6.45, 7) is 6.22. The van der Waals surface area contributed by atoms with Crippen molar-refractivity contribution in [1.29, 1.82) is 0 Å². The molecule has 8 heteroatoms. The highest BCUT2D eigenvalue weighted by Gasteiger charge is 2.28. The first-order valence-electron chi connectivity index (χ1n) is 11.9. The zero-order chi connectivity index (χ0) is 24.1. The van der Waals surface area contributed by atoms with Gasteiger partial charge in [0, 0.05) is 29.7 Å². The summed E-state index contributed by atoms with van der Waals surface area (Å²) in [6.07, 6.45) is 4.45. The van der Waals surface area contributed by atoms with Gasteiger partial charge in [0.15, 0.2) is 11.5 Å². The number of hydrogen-bond donors (Lipinski definition) is 1. The maximum Gasteiger partial charge on any atom is 0.438 e. The van der Waals surface area contributed by atoms with Crippen molar-refractivity contribution >= 4 is 22.5 Å². The SMILES string of the molecule is CCc1nc2c(C)ccnc2n1-c1ccc2c(c1)CCc1ccccc1N2C(C)c1noc(=O)[nH]1. The molecule has 2 aromatic carbocycles. The summed E-state index contributed by atoms with van der Waals surface area (Å²) in [4.78, 5) is 26.2. The van der Waals surface area contributed by atoms with Crippen LogP contribution in [0.3, 0.4) is 0 Å². The van der Waals surface area contributed by atoms with E-state index in [0.29, 0.717) is 5.82 Å². The average Bonchev–Trinajstić information content (AvgIpc) is 3.44. The summed E-state index contributed by atoms with van der Waals surface area (Å²) in [6, 6.07) is 16.7. The zero-order valence-corrected chi connectivity index (χ0v) is 19.9. The lowest BCUT2D eigenvalue weighted by molar-refractivity contribution is 0.378. The van der Waals surface area contributed by atoms with Gasteiger partial charge in [-0.1, -0.05) is 30.3 Å². The van der Waals surface area contributed by atoms with Crippen LogP contribution in [-0.4, -0.2) is 24.7 Å². The molecule has 5 aromatic rings. The Balaban J connectivity index is 1.53. The summed E-state index contributed by atoms with van der Waals surface area (Å²) in [7, 11) is 0. The van der Waals surface area contributed by atoms with Gasteiger partial charge in [0.25, 0.3) is 0 Å². The molecular formula is C27H26N6O2. The van der Waals surface area contributed by atoms with Gasteiger partial charge in [-0.05, 0) is 73.7 Å². The largest absolute Gasteiger partial charge is 0.438 e. The van der Waals surface area contributed by atoms with Crippen LogP contribution in [0.15, 0.2) is 64.0 Å². The smallest absolute Gasteiger partial charge is 0.330 e. The Morgan fingerprint density at radius 1 is 1.09 bits per heavy atom. The minimum Gasteiger partial charge on any atom is -0.330 e. The van der Waals surface area contributed by atoms with Crippen LogP contribution in [0.2, 0.25) is 0 Å². The molecule has 0 spiro atoms. The number of benzene rings is 2. The third kappa shape index (κ3) is 3.44. The molecule has 0 aliphatic carbocycles. The van der Waals surface area contributed by atoms with Crippen LogP contribution in [0, 0.1) is 6.92 Å². The van der Waals surface area contributed by atoms with E-state index < -0.39 is 5.76 Å². The first kappa shape index (κ1) is 21.3. The maximum atomic E-state index is 11.7. The molecule has 6 rings (SSSR count). The van der Waals surface area contributed by atoms with Gasteiger partial charge in [0.1, 0.15) is 11.3 Å². The van der Waals surface area contributed by atoms with E-state index in [-0.39, 0.29) is 6.04 Å². The number of imidazole rings is 1. The van der Waals surface area contributed by atoms with E-state index in [0.717, 1.165) is 58.9 Å². The van der Waals surface area contributed by atoms with Crippen LogP contribution in [0.1, 0.15) is 48.2 Å². The first-order valence-corrected chi connectivity index (χ1v) is 11.9.